The molecule has 0 radical (unpaired) electrons. The van der Waals surface area contributed by atoms with E-state index in [1.54, 1.807) is 0 Å². The van der Waals surface area contributed by atoms with Crippen molar-refractivity contribution in [1.29, 1.82) is 0 Å². The first-order chi connectivity index (χ1) is 6.20. The fourth-order valence-electron chi connectivity index (χ4n) is 0.848. The number of hydrogen-bond donors (Lipinski definition) is 0. The molecular weight excluding hydrogens is 292 g/mol. The molecule has 0 spiro atoms. The molecule has 0 N–H and O–H groups in total. The molecule has 68 valence electrons. The van der Waals surface area contributed by atoms with E-state index in [0.29, 0.717) is 0 Å². The Balaban J connectivity index is 2.76. The topological polar surface area (TPSA) is 0 Å². The number of rotatable bonds is 2. The van der Waals surface area contributed by atoms with Crippen molar-refractivity contribution in [3.63, 3.8) is 0 Å². The Kier molecular flexibility index (Phi) is 4.46. The summed E-state index contributed by atoms with van der Waals surface area (Å²) in [6.07, 6.45) is 4.14. The lowest BCUT2D eigenvalue weighted by molar-refractivity contribution is 1.55. The van der Waals surface area contributed by atoms with Crippen LogP contribution in [0, 0.1) is 0 Å². The van der Waals surface area contributed by atoms with Crippen LogP contribution in [0.25, 0.3) is 6.08 Å². The maximum absolute atomic E-state index is 3.36. The summed E-state index contributed by atoms with van der Waals surface area (Å²) in [7, 11) is 0. The SMILES string of the molecule is CC(/C=C/c1ccccc1)=C(Br)Br. The lowest BCUT2D eigenvalue weighted by Gasteiger charge is -1.93. The second kappa shape index (κ2) is 5.40. The second-order valence-corrected chi connectivity index (χ2v) is 5.34. The zero-order valence-corrected chi connectivity index (χ0v) is 10.5. The minimum Gasteiger partial charge on any atom is -0.0622 e. The molecule has 0 nitrogen and oxygen atoms in total. The van der Waals surface area contributed by atoms with Crippen LogP contribution < -0.4 is 0 Å². The van der Waals surface area contributed by atoms with Gasteiger partial charge in [0, 0.05) is 0 Å². The average molecular weight is 302 g/mol. The normalized spacial score (nSPS) is 10.4. The monoisotopic (exact) mass is 300 g/mol. The van der Waals surface area contributed by atoms with Gasteiger partial charge in [0.25, 0.3) is 0 Å². The minimum absolute atomic E-state index is 0.993. The molecule has 0 aliphatic carbocycles. The Hall–Kier alpha value is -0.340. The van der Waals surface area contributed by atoms with E-state index in [9.17, 15) is 0 Å². The van der Waals surface area contributed by atoms with E-state index in [1.165, 1.54) is 11.1 Å². The van der Waals surface area contributed by atoms with Crippen LogP contribution >= 0.6 is 31.9 Å². The molecule has 1 rings (SSSR count). The third-order valence-corrected chi connectivity index (χ3v) is 2.87. The summed E-state index contributed by atoms with van der Waals surface area (Å²) in [5.41, 5.74) is 2.38. The first kappa shape index (κ1) is 10.7. The van der Waals surface area contributed by atoms with Gasteiger partial charge in [0.2, 0.25) is 0 Å². The van der Waals surface area contributed by atoms with E-state index in [-0.39, 0.29) is 0 Å². The van der Waals surface area contributed by atoms with Crippen LogP contribution in [0.1, 0.15) is 12.5 Å². The molecule has 0 saturated heterocycles. The van der Waals surface area contributed by atoms with Crippen LogP contribution in [0.5, 0.6) is 0 Å². The number of halogens is 2. The molecule has 0 amide bonds. The second-order valence-electron chi connectivity index (χ2n) is 2.69. The van der Waals surface area contributed by atoms with E-state index in [4.69, 9.17) is 0 Å². The van der Waals surface area contributed by atoms with E-state index < -0.39 is 0 Å². The van der Waals surface area contributed by atoms with Gasteiger partial charge in [-0.15, -0.1) is 0 Å². The fraction of sp³-hybridized carbons (Fsp3) is 0.0909. The first-order valence-electron chi connectivity index (χ1n) is 3.95. The van der Waals surface area contributed by atoms with Crippen LogP contribution in [0.3, 0.4) is 0 Å². The van der Waals surface area contributed by atoms with Gasteiger partial charge in [-0.05, 0) is 49.9 Å². The smallest absolute Gasteiger partial charge is 0.0622 e. The van der Waals surface area contributed by atoms with Crippen LogP contribution in [0.15, 0.2) is 45.4 Å². The summed E-state index contributed by atoms with van der Waals surface area (Å²) in [4.78, 5) is 0. The molecule has 1 aromatic carbocycles. The predicted octanol–water partition coefficient (Wildman–Crippen LogP) is 4.72. The van der Waals surface area contributed by atoms with Crippen molar-refractivity contribution < 1.29 is 0 Å². The standard InChI is InChI=1S/C11H10Br2/c1-9(11(12)13)7-8-10-5-3-2-4-6-10/h2-8H,1H3/b8-7+. The number of hydrogen-bond acceptors (Lipinski definition) is 0. The molecule has 0 aromatic heterocycles. The Morgan fingerprint density at radius 3 is 2.31 bits per heavy atom. The van der Waals surface area contributed by atoms with Gasteiger partial charge in [0.15, 0.2) is 0 Å². The Labute approximate surface area is 95.6 Å². The summed E-state index contributed by atoms with van der Waals surface area (Å²) in [6.45, 7) is 2.04. The minimum atomic E-state index is 0.993. The van der Waals surface area contributed by atoms with Crippen molar-refractivity contribution in [2.24, 2.45) is 0 Å². The van der Waals surface area contributed by atoms with Crippen molar-refractivity contribution >= 4 is 37.9 Å². The van der Waals surface area contributed by atoms with Gasteiger partial charge in [0.1, 0.15) is 0 Å². The molecule has 2 heteroatoms. The van der Waals surface area contributed by atoms with Crippen molar-refractivity contribution in [3.8, 4) is 0 Å². The van der Waals surface area contributed by atoms with Crippen LogP contribution in [0.4, 0.5) is 0 Å². The van der Waals surface area contributed by atoms with Crippen LogP contribution in [-0.4, -0.2) is 0 Å². The van der Waals surface area contributed by atoms with E-state index >= 15 is 0 Å². The third kappa shape index (κ3) is 3.92. The maximum Gasteiger partial charge on any atom is 0.0633 e. The lowest BCUT2D eigenvalue weighted by atomic mass is 10.2. The lowest BCUT2D eigenvalue weighted by Crippen LogP contribution is -1.70. The highest BCUT2D eigenvalue weighted by atomic mass is 79.9. The van der Waals surface area contributed by atoms with E-state index in [2.05, 4.69) is 56.1 Å². The number of benzene rings is 1. The molecule has 13 heavy (non-hydrogen) atoms. The van der Waals surface area contributed by atoms with Gasteiger partial charge in [-0.1, -0.05) is 42.5 Å². The fourth-order valence-corrected chi connectivity index (χ4v) is 1.11. The quantitative estimate of drug-likeness (QED) is 0.693. The Bertz CT molecular complexity index is 319. The summed E-state index contributed by atoms with van der Waals surface area (Å²) in [5.74, 6) is 0. The molecular formula is C11H10Br2. The molecule has 1 aromatic rings. The van der Waals surface area contributed by atoms with E-state index in [0.717, 1.165) is 3.39 Å². The van der Waals surface area contributed by atoms with Gasteiger partial charge >= 0.3 is 0 Å². The summed E-state index contributed by atoms with van der Waals surface area (Å²) >= 11 is 6.72. The van der Waals surface area contributed by atoms with Crippen LogP contribution in [-0.2, 0) is 0 Å². The molecule has 0 unspecified atom stereocenters. The van der Waals surface area contributed by atoms with Crippen molar-refractivity contribution in [1.82, 2.24) is 0 Å². The van der Waals surface area contributed by atoms with Crippen molar-refractivity contribution in [2.45, 2.75) is 6.92 Å². The molecule has 0 heterocycles. The summed E-state index contributed by atoms with van der Waals surface area (Å²) < 4.78 is 0.993. The van der Waals surface area contributed by atoms with Crippen molar-refractivity contribution in [3.05, 3.63) is 50.9 Å². The van der Waals surface area contributed by atoms with E-state index in [1.807, 2.05) is 25.1 Å². The Morgan fingerprint density at radius 1 is 1.15 bits per heavy atom. The highest BCUT2D eigenvalue weighted by Crippen LogP contribution is 2.20. The zero-order chi connectivity index (χ0) is 9.68. The predicted molar refractivity (Wildman–Crippen MR) is 66.0 cm³/mol. The van der Waals surface area contributed by atoms with Gasteiger partial charge in [-0.3, -0.25) is 0 Å². The third-order valence-electron chi connectivity index (χ3n) is 1.62. The molecule has 0 saturated carbocycles. The highest BCUT2D eigenvalue weighted by molar-refractivity contribution is 9.28. The first-order valence-corrected chi connectivity index (χ1v) is 5.54. The average Bonchev–Trinajstić information content (AvgIpc) is 2.15. The van der Waals surface area contributed by atoms with Crippen molar-refractivity contribution in [2.75, 3.05) is 0 Å². The van der Waals surface area contributed by atoms with Gasteiger partial charge in [0.05, 0.1) is 3.39 Å². The molecule has 0 fully saturated rings. The number of allylic oxidation sites excluding steroid dienone is 2. The molecule has 0 aliphatic rings. The zero-order valence-electron chi connectivity index (χ0n) is 7.30. The Morgan fingerprint density at radius 2 is 1.77 bits per heavy atom. The summed E-state index contributed by atoms with van der Waals surface area (Å²) in [6, 6.07) is 10.2. The molecule has 0 aliphatic heterocycles. The summed E-state index contributed by atoms with van der Waals surface area (Å²) in [5, 5.41) is 0. The molecule has 0 atom stereocenters. The van der Waals surface area contributed by atoms with Crippen LogP contribution in [0.2, 0.25) is 0 Å². The maximum atomic E-state index is 3.36. The highest BCUT2D eigenvalue weighted by Gasteiger charge is 1.88. The van der Waals surface area contributed by atoms with Gasteiger partial charge in [-0.2, -0.15) is 0 Å². The molecule has 0 bridgehead atoms. The van der Waals surface area contributed by atoms with Gasteiger partial charge in [-0.25, -0.2) is 0 Å². The van der Waals surface area contributed by atoms with Gasteiger partial charge < -0.3 is 0 Å². The largest absolute Gasteiger partial charge is 0.0633 e.